The van der Waals surface area contributed by atoms with E-state index >= 15 is 0 Å². The summed E-state index contributed by atoms with van der Waals surface area (Å²) in [5.74, 6) is -2.78. The summed E-state index contributed by atoms with van der Waals surface area (Å²) in [5.41, 5.74) is 1.13. The molecule has 0 spiro atoms. The van der Waals surface area contributed by atoms with Gasteiger partial charge in [0.2, 0.25) is 0 Å². The monoisotopic (exact) mass is 655 g/mol. The van der Waals surface area contributed by atoms with Crippen LogP contribution in [-0.4, -0.2) is 17.9 Å². The Hall–Kier alpha value is -0.239. The molecule has 0 aromatic heterocycles. The van der Waals surface area contributed by atoms with Crippen LogP contribution >= 0.6 is 0 Å². The van der Waals surface area contributed by atoms with Crippen molar-refractivity contribution >= 4 is 17.9 Å². The Bertz CT molecular complexity index is 487. The van der Waals surface area contributed by atoms with Crippen molar-refractivity contribution in [1.29, 1.82) is 0 Å². The maximum atomic E-state index is 10.0. The summed E-state index contributed by atoms with van der Waals surface area (Å²) >= 11 is 0. The number of carbonyl (C=O) groups excluding carboxylic acids is 3. The fourth-order valence-corrected chi connectivity index (χ4v) is 3.30. The van der Waals surface area contributed by atoms with E-state index in [9.17, 15) is 29.7 Å². The summed E-state index contributed by atoms with van der Waals surface area (Å²) in [7, 11) is 0. The van der Waals surface area contributed by atoms with Crippen molar-refractivity contribution in [2.45, 2.75) is 159 Å². The molecule has 0 N–H and O–H groups in total. The van der Waals surface area contributed by atoms with Crippen LogP contribution in [0.5, 0.6) is 0 Å². The van der Waals surface area contributed by atoms with Gasteiger partial charge in [0.1, 0.15) is 0 Å². The maximum absolute atomic E-state index is 10.0. The third-order valence-electron chi connectivity index (χ3n) is 5.42. The van der Waals surface area contributed by atoms with Crippen LogP contribution in [0.2, 0.25) is 0 Å². The van der Waals surface area contributed by atoms with Crippen molar-refractivity contribution in [3.63, 3.8) is 0 Å². The minimum absolute atomic E-state index is 0. The Morgan fingerprint density at radius 1 is 0.405 bits per heavy atom. The molecule has 0 aliphatic heterocycles. The molecule has 6 nitrogen and oxygen atoms in total. The summed E-state index contributed by atoms with van der Waals surface area (Å²) in [6.07, 6.45) is 12.8. The van der Waals surface area contributed by atoms with Gasteiger partial charge in [0, 0.05) is 17.9 Å². The number of unbranched alkanes of at least 4 members (excludes halogenated alkanes) is 6. The SMILES string of the molecule is CC(C)(C)CCCCCC(=O)[O-].CC(C)(C)CCCCCC(=O)[O-].CC(C)(C)CCCCCC(=O)[O-].[Nd+3]. The zero-order chi connectivity index (χ0) is 28.8. The van der Waals surface area contributed by atoms with Crippen LogP contribution in [0.25, 0.3) is 0 Å². The fraction of sp³-hybridized carbons (Fsp3) is 0.900. The minimum Gasteiger partial charge on any atom is -0.550 e. The number of aliphatic carboxylic acids is 3. The predicted octanol–water partition coefficient (Wildman–Crippen LogP) is 5.20. The predicted molar refractivity (Wildman–Crippen MR) is 143 cm³/mol. The Labute approximate surface area is 261 Å². The van der Waals surface area contributed by atoms with Crippen LogP contribution in [0, 0.1) is 57.1 Å². The maximum Gasteiger partial charge on any atom is 3.00 e. The molecule has 0 bridgehead atoms. The zero-order valence-electron chi connectivity index (χ0n) is 25.6. The van der Waals surface area contributed by atoms with Crippen LogP contribution in [0.4, 0.5) is 0 Å². The second kappa shape index (κ2) is 24.8. The number of rotatable bonds is 15. The van der Waals surface area contributed by atoms with E-state index < -0.39 is 17.9 Å². The Kier molecular flexibility index (Phi) is 29.3. The van der Waals surface area contributed by atoms with E-state index in [1.54, 1.807) is 0 Å². The standard InChI is InChI=1S/3C10H20O2.Nd/c3*1-10(2,3)8-6-4-5-7-9(11)12;/h3*4-8H2,1-3H3,(H,11,12);/q;;;+3/p-3. The molecular weight excluding hydrogens is 601 g/mol. The molecule has 7 heteroatoms. The fourth-order valence-electron chi connectivity index (χ4n) is 3.30. The van der Waals surface area contributed by atoms with Gasteiger partial charge < -0.3 is 29.7 Å². The molecule has 0 aliphatic carbocycles. The number of carbonyl (C=O) groups is 3. The minimum atomic E-state index is -0.925. The van der Waals surface area contributed by atoms with E-state index in [-0.39, 0.29) is 60.1 Å². The van der Waals surface area contributed by atoms with Crippen molar-refractivity contribution in [2.24, 2.45) is 16.2 Å². The molecule has 0 atom stereocenters. The first-order valence-corrected chi connectivity index (χ1v) is 13.8. The van der Waals surface area contributed by atoms with Crippen LogP contribution in [-0.2, 0) is 14.4 Å². The molecule has 0 heterocycles. The second-order valence-electron chi connectivity index (χ2n) is 13.5. The summed E-state index contributed by atoms with van der Waals surface area (Å²) in [6.45, 7) is 19.8. The van der Waals surface area contributed by atoms with Gasteiger partial charge in [0.25, 0.3) is 0 Å². The van der Waals surface area contributed by atoms with Crippen molar-refractivity contribution in [1.82, 2.24) is 0 Å². The molecule has 0 unspecified atom stereocenters. The molecule has 0 amide bonds. The van der Waals surface area contributed by atoms with Crippen LogP contribution in [0.3, 0.4) is 0 Å². The average Bonchev–Trinajstić information content (AvgIpc) is 2.65. The van der Waals surface area contributed by atoms with E-state index in [2.05, 4.69) is 62.3 Å². The van der Waals surface area contributed by atoms with E-state index in [1.807, 2.05) is 0 Å². The van der Waals surface area contributed by atoms with E-state index in [0.717, 1.165) is 57.8 Å². The summed E-state index contributed by atoms with van der Waals surface area (Å²) in [4.78, 5) is 30.1. The first-order chi connectivity index (χ1) is 16.2. The molecule has 217 valence electrons. The third kappa shape index (κ3) is 56.9. The molecular formula is C30H57NdO6. The first-order valence-electron chi connectivity index (χ1n) is 13.8. The van der Waals surface area contributed by atoms with Gasteiger partial charge in [0.05, 0.1) is 0 Å². The van der Waals surface area contributed by atoms with E-state index in [0.29, 0.717) is 16.2 Å². The number of carboxylic acid groups (broad SMARTS) is 3. The Morgan fingerprint density at radius 2 is 0.595 bits per heavy atom. The summed E-state index contributed by atoms with van der Waals surface area (Å²) in [5, 5.41) is 30.1. The van der Waals surface area contributed by atoms with Crippen molar-refractivity contribution < 1.29 is 70.5 Å². The smallest absolute Gasteiger partial charge is 0.550 e. The average molecular weight is 658 g/mol. The van der Waals surface area contributed by atoms with Gasteiger partial charge in [-0.1, -0.05) is 101 Å². The topological polar surface area (TPSA) is 120 Å². The quantitative estimate of drug-likeness (QED) is 0.223. The van der Waals surface area contributed by atoms with Crippen LogP contribution in [0.15, 0.2) is 0 Å². The Balaban J connectivity index is -0.000000218. The Morgan fingerprint density at radius 3 is 0.730 bits per heavy atom. The van der Waals surface area contributed by atoms with Crippen molar-refractivity contribution in [3.05, 3.63) is 0 Å². The first kappa shape index (κ1) is 43.8. The van der Waals surface area contributed by atoms with Crippen LogP contribution in [0.1, 0.15) is 159 Å². The molecule has 0 aromatic carbocycles. The molecule has 0 rings (SSSR count). The van der Waals surface area contributed by atoms with Crippen molar-refractivity contribution in [3.8, 4) is 0 Å². The third-order valence-corrected chi connectivity index (χ3v) is 5.42. The molecule has 37 heavy (non-hydrogen) atoms. The molecule has 0 aliphatic rings. The van der Waals surface area contributed by atoms with Crippen molar-refractivity contribution in [2.75, 3.05) is 0 Å². The molecule has 0 saturated heterocycles. The second-order valence-corrected chi connectivity index (χ2v) is 13.5. The van der Waals surface area contributed by atoms with Gasteiger partial charge in [-0.05, 0) is 74.0 Å². The van der Waals surface area contributed by atoms with Gasteiger partial charge in [0.15, 0.2) is 0 Å². The number of carboxylic acids is 3. The van der Waals surface area contributed by atoms with Gasteiger partial charge in [-0.15, -0.1) is 0 Å². The van der Waals surface area contributed by atoms with Gasteiger partial charge in [-0.3, -0.25) is 0 Å². The van der Waals surface area contributed by atoms with Gasteiger partial charge in [-0.25, -0.2) is 0 Å². The zero-order valence-corrected chi connectivity index (χ0v) is 28.8. The number of hydrogen-bond donors (Lipinski definition) is 0. The van der Waals surface area contributed by atoms with Gasteiger partial charge >= 0.3 is 40.8 Å². The largest absolute Gasteiger partial charge is 3.00 e. The van der Waals surface area contributed by atoms with Crippen LogP contribution < -0.4 is 15.3 Å². The summed E-state index contributed by atoms with van der Waals surface area (Å²) in [6, 6.07) is 0. The van der Waals surface area contributed by atoms with E-state index in [4.69, 9.17) is 0 Å². The number of hydrogen-bond acceptors (Lipinski definition) is 6. The van der Waals surface area contributed by atoms with E-state index in [1.165, 1.54) is 19.3 Å². The molecule has 0 saturated carbocycles. The molecule has 1 radical (unpaired) electrons. The molecule has 0 aromatic rings. The molecule has 0 fully saturated rings. The van der Waals surface area contributed by atoms with Gasteiger partial charge in [-0.2, -0.15) is 0 Å². The normalized spacial score (nSPS) is 11.3. The summed E-state index contributed by atoms with van der Waals surface area (Å²) < 4.78 is 0.